The molecule has 1 saturated heterocycles. The van der Waals surface area contributed by atoms with Gasteiger partial charge < -0.3 is 14.8 Å². The van der Waals surface area contributed by atoms with Gasteiger partial charge >= 0.3 is 0 Å². The van der Waals surface area contributed by atoms with E-state index in [1.807, 2.05) is 12.1 Å². The smallest absolute Gasteiger partial charge is 0.231 e. The van der Waals surface area contributed by atoms with Crippen molar-refractivity contribution in [3.63, 3.8) is 0 Å². The Labute approximate surface area is 102 Å². The van der Waals surface area contributed by atoms with Crippen molar-refractivity contribution >= 4 is 12.4 Å². The molecule has 1 N–H and O–H groups in total. The number of ether oxygens (including phenoxy) is 2. The summed E-state index contributed by atoms with van der Waals surface area (Å²) in [5, 5.41) is 3.53. The number of hydrogen-bond acceptors (Lipinski definition) is 3. The van der Waals surface area contributed by atoms with Crippen LogP contribution in [-0.2, 0) is 0 Å². The molecule has 3 rings (SSSR count). The van der Waals surface area contributed by atoms with Crippen LogP contribution >= 0.6 is 12.4 Å². The maximum absolute atomic E-state index is 5.52. The molecule has 0 aliphatic carbocycles. The molecule has 0 radical (unpaired) electrons. The van der Waals surface area contributed by atoms with Crippen LogP contribution in [-0.4, -0.2) is 13.3 Å². The minimum Gasteiger partial charge on any atom is -0.454 e. The van der Waals surface area contributed by atoms with Gasteiger partial charge in [0.15, 0.2) is 11.5 Å². The van der Waals surface area contributed by atoms with E-state index >= 15 is 0 Å². The molecular formula is C12H16ClNO2. The van der Waals surface area contributed by atoms with Gasteiger partial charge in [0.2, 0.25) is 6.79 Å². The summed E-state index contributed by atoms with van der Waals surface area (Å²) in [6, 6.07) is 6.58. The van der Waals surface area contributed by atoms with Crippen LogP contribution in [0.1, 0.15) is 30.9 Å². The summed E-state index contributed by atoms with van der Waals surface area (Å²) in [5.74, 6) is 1.83. The summed E-state index contributed by atoms with van der Waals surface area (Å²) in [5.41, 5.74) is 1.25. The first-order chi connectivity index (χ1) is 7.45. The molecule has 1 aromatic rings. The zero-order valence-electron chi connectivity index (χ0n) is 9.07. The van der Waals surface area contributed by atoms with Crippen molar-refractivity contribution in [1.29, 1.82) is 0 Å². The highest BCUT2D eigenvalue weighted by atomic mass is 35.5. The lowest BCUT2D eigenvalue weighted by atomic mass is 9.96. The average Bonchev–Trinajstić information content (AvgIpc) is 2.78. The molecule has 0 spiro atoms. The molecule has 0 amide bonds. The van der Waals surface area contributed by atoms with Crippen LogP contribution in [0.4, 0.5) is 0 Å². The van der Waals surface area contributed by atoms with Crippen LogP contribution in [0.25, 0.3) is 0 Å². The normalized spacial score (nSPS) is 22.6. The second-order valence-corrected chi connectivity index (χ2v) is 4.08. The lowest BCUT2D eigenvalue weighted by Gasteiger charge is -2.24. The molecule has 0 unspecified atom stereocenters. The first-order valence-corrected chi connectivity index (χ1v) is 5.57. The predicted molar refractivity (Wildman–Crippen MR) is 64.4 cm³/mol. The predicted octanol–water partition coefficient (Wildman–Crippen LogP) is 2.65. The number of rotatable bonds is 1. The third-order valence-corrected chi connectivity index (χ3v) is 3.11. The topological polar surface area (TPSA) is 30.5 Å². The van der Waals surface area contributed by atoms with Gasteiger partial charge in [-0.1, -0.05) is 18.6 Å². The van der Waals surface area contributed by atoms with Gasteiger partial charge in [0.25, 0.3) is 0 Å². The molecule has 2 aliphatic rings. The van der Waals surface area contributed by atoms with E-state index in [4.69, 9.17) is 9.47 Å². The van der Waals surface area contributed by atoms with Gasteiger partial charge in [-0.25, -0.2) is 0 Å². The van der Waals surface area contributed by atoms with Crippen molar-refractivity contribution in [2.45, 2.75) is 25.3 Å². The number of hydrogen-bond donors (Lipinski definition) is 1. The standard InChI is InChI=1S/C12H15NO2.ClH/c1-2-7-13-10(5-1)9-4-3-6-11-12(9)15-8-14-11;/h3-4,6,10,13H,1-2,5,7-8H2;1H/t10-;/m0./s1. The van der Waals surface area contributed by atoms with Gasteiger partial charge in [-0.15, -0.1) is 12.4 Å². The molecule has 4 heteroatoms. The molecule has 2 aliphatic heterocycles. The monoisotopic (exact) mass is 241 g/mol. The van der Waals surface area contributed by atoms with Crippen molar-refractivity contribution in [3.8, 4) is 11.5 Å². The first-order valence-electron chi connectivity index (χ1n) is 5.57. The molecule has 1 atom stereocenters. The van der Waals surface area contributed by atoms with Crippen molar-refractivity contribution in [2.75, 3.05) is 13.3 Å². The van der Waals surface area contributed by atoms with Crippen LogP contribution < -0.4 is 14.8 Å². The van der Waals surface area contributed by atoms with Crippen LogP contribution in [0.2, 0.25) is 0 Å². The lowest BCUT2D eigenvalue weighted by molar-refractivity contribution is 0.172. The second kappa shape index (κ2) is 4.93. The maximum Gasteiger partial charge on any atom is 0.231 e. The molecular weight excluding hydrogens is 226 g/mol. The molecule has 88 valence electrons. The zero-order valence-corrected chi connectivity index (χ0v) is 9.89. The lowest BCUT2D eigenvalue weighted by Crippen LogP contribution is -2.26. The Bertz CT molecular complexity index is 364. The van der Waals surface area contributed by atoms with Crippen molar-refractivity contribution < 1.29 is 9.47 Å². The zero-order chi connectivity index (χ0) is 10.1. The fourth-order valence-electron chi connectivity index (χ4n) is 2.34. The van der Waals surface area contributed by atoms with Crippen LogP contribution in [0.15, 0.2) is 18.2 Å². The van der Waals surface area contributed by atoms with Gasteiger partial charge in [-0.3, -0.25) is 0 Å². The van der Waals surface area contributed by atoms with Gasteiger partial charge in [0.05, 0.1) is 0 Å². The summed E-state index contributed by atoms with van der Waals surface area (Å²) < 4.78 is 10.9. The third kappa shape index (κ3) is 1.97. The molecule has 1 aromatic carbocycles. The molecule has 16 heavy (non-hydrogen) atoms. The Hall–Kier alpha value is -0.930. The van der Waals surface area contributed by atoms with E-state index in [9.17, 15) is 0 Å². The van der Waals surface area contributed by atoms with Crippen LogP contribution in [0, 0.1) is 0 Å². The number of fused-ring (bicyclic) bond motifs is 1. The fraction of sp³-hybridized carbons (Fsp3) is 0.500. The highest BCUT2D eigenvalue weighted by Gasteiger charge is 2.23. The fourth-order valence-corrected chi connectivity index (χ4v) is 2.34. The quantitative estimate of drug-likeness (QED) is 0.820. The largest absolute Gasteiger partial charge is 0.454 e. The highest BCUT2D eigenvalue weighted by Crippen LogP contribution is 2.40. The third-order valence-electron chi connectivity index (χ3n) is 3.11. The minimum absolute atomic E-state index is 0. The molecule has 0 aromatic heterocycles. The molecule has 0 saturated carbocycles. The number of halogens is 1. The van der Waals surface area contributed by atoms with Crippen LogP contribution in [0.5, 0.6) is 11.5 Å². The SMILES string of the molecule is Cl.c1cc2c(c([C@@H]3CCCCN3)c1)OCO2. The Kier molecular flexibility index (Phi) is 3.56. The summed E-state index contributed by atoms with van der Waals surface area (Å²) >= 11 is 0. The van der Waals surface area contributed by atoms with E-state index in [0.29, 0.717) is 12.8 Å². The average molecular weight is 242 g/mol. The van der Waals surface area contributed by atoms with Crippen LogP contribution in [0.3, 0.4) is 0 Å². The van der Waals surface area contributed by atoms with Gasteiger partial charge in [-0.2, -0.15) is 0 Å². The van der Waals surface area contributed by atoms with Crippen molar-refractivity contribution in [1.82, 2.24) is 5.32 Å². The van der Waals surface area contributed by atoms with E-state index in [1.165, 1.54) is 24.8 Å². The molecule has 1 fully saturated rings. The summed E-state index contributed by atoms with van der Waals surface area (Å²) in [7, 11) is 0. The molecule has 0 bridgehead atoms. The summed E-state index contributed by atoms with van der Waals surface area (Å²) in [6.45, 7) is 1.47. The Balaban J connectivity index is 0.000000963. The first kappa shape index (κ1) is 11.6. The van der Waals surface area contributed by atoms with E-state index in [-0.39, 0.29) is 12.4 Å². The van der Waals surface area contributed by atoms with E-state index in [0.717, 1.165) is 18.0 Å². The number of piperidine rings is 1. The Morgan fingerprint density at radius 2 is 2.12 bits per heavy atom. The Morgan fingerprint density at radius 3 is 2.94 bits per heavy atom. The van der Waals surface area contributed by atoms with Gasteiger partial charge in [0.1, 0.15) is 0 Å². The minimum atomic E-state index is 0. The van der Waals surface area contributed by atoms with Gasteiger partial charge in [-0.05, 0) is 25.5 Å². The summed E-state index contributed by atoms with van der Waals surface area (Å²) in [6.07, 6.45) is 3.77. The highest BCUT2D eigenvalue weighted by molar-refractivity contribution is 5.85. The second-order valence-electron chi connectivity index (χ2n) is 4.08. The van der Waals surface area contributed by atoms with Crippen molar-refractivity contribution in [2.24, 2.45) is 0 Å². The van der Waals surface area contributed by atoms with E-state index in [2.05, 4.69) is 11.4 Å². The number of para-hydroxylation sites is 1. The van der Waals surface area contributed by atoms with E-state index in [1.54, 1.807) is 0 Å². The summed E-state index contributed by atoms with van der Waals surface area (Å²) in [4.78, 5) is 0. The molecule has 2 heterocycles. The van der Waals surface area contributed by atoms with Gasteiger partial charge in [0, 0.05) is 11.6 Å². The molecule has 3 nitrogen and oxygen atoms in total. The van der Waals surface area contributed by atoms with E-state index < -0.39 is 0 Å². The van der Waals surface area contributed by atoms with Crippen molar-refractivity contribution in [3.05, 3.63) is 23.8 Å². The maximum atomic E-state index is 5.52. The number of nitrogens with one attached hydrogen (secondary N) is 1. The Morgan fingerprint density at radius 1 is 1.19 bits per heavy atom. The number of benzene rings is 1.